The lowest BCUT2D eigenvalue weighted by Gasteiger charge is -2.12. The predicted octanol–water partition coefficient (Wildman–Crippen LogP) is 4.47. The van der Waals surface area contributed by atoms with E-state index in [0.29, 0.717) is 34.4 Å². The highest BCUT2D eigenvalue weighted by molar-refractivity contribution is 7.98. The molecule has 0 aliphatic heterocycles. The number of hydrogen-bond acceptors (Lipinski definition) is 5. The minimum atomic E-state index is -0.0840. The number of carbonyl (C=O) groups is 1. The summed E-state index contributed by atoms with van der Waals surface area (Å²) < 4.78 is 5.37. The molecular weight excluding hydrogens is 334 g/mol. The van der Waals surface area contributed by atoms with E-state index in [0.717, 1.165) is 12.3 Å². The monoisotopic (exact) mass is 359 g/mol. The molecule has 1 aliphatic rings. The molecule has 6 heteroatoms. The summed E-state index contributed by atoms with van der Waals surface area (Å²) in [5.74, 6) is 1.90. The van der Waals surface area contributed by atoms with Crippen LogP contribution in [0.2, 0.25) is 0 Å². The molecule has 134 valence electrons. The summed E-state index contributed by atoms with van der Waals surface area (Å²) in [4.78, 5) is 21.6. The first-order valence-corrected chi connectivity index (χ1v) is 10.2. The average molecular weight is 359 g/mol. The highest BCUT2D eigenvalue weighted by Crippen LogP contribution is 2.28. The van der Waals surface area contributed by atoms with Crippen LogP contribution in [-0.4, -0.2) is 28.7 Å². The highest BCUT2D eigenvalue weighted by atomic mass is 32.2. The van der Waals surface area contributed by atoms with Gasteiger partial charge in [0.05, 0.1) is 17.5 Å². The van der Waals surface area contributed by atoms with Crippen LogP contribution in [0.25, 0.3) is 11.6 Å². The van der Waals surface area contributed by atoms with E-state index in [1.807, 2.05) is 19.2 Å². The van der Waals surface area contributed by atoms with Crippen molar-refractivity contribution in [2.45, 2.75) is 50.5 Å². The number of furan rings is 1. The molecule has 0 bridgehead atoms. The van der Waals surface area contributed by atoms with Crippen molar-refractivity contribution in [2.24, 2.45) is 5.92 Å². The van der Waals surface area contributed by atoms with Crippen LogP contribution in [0.5, 0.6) is 0 Å². The van der Waals surface area contributed by atoms with Gasteiger partial charge in [-0.05, 0) is 44.1 Å². The average Bonchev–Trinajstić information content (AvgIpc) is 3.31. The van der Waals surface area contributed by atoms with Crippen LogP contribution in [0, 0.1) is 12.8 Å². The molecule has 0 saturated heterocycles. The fraction of sp³-hybridized carbons (Fsp3) is 0.526. The molecule has 2 heterocycles. The smallest absolute Gasteiger partial charge is 0.255 e. The largest absolute Gasteiger partial charge is 0.461 e. The normalized spacial score (nSPS) is 14.8. The zero-order valence-electron chi connectivity index (χ0n) is 14.9. The third-order valence-electron chi connectivity index (χ3n) is 4.77. The van der Waals surface area contributed by atoms with Crippen LogP contribution >= 0.6 is 11.8 Å². The Kier molecular flexibility index (Phi) is 6.13. The Labute approximate surface area is 153 Å². The maximum atomic E-state index is 12.6. The maximum Gasteiger partial charge on any atom is 0.255 e. The summed E-state index contributed by atoms with van der Waals surface area (Å²) in [5, 5.41) is 3.72. The lowest BCUT2D eigenvalue weighted by Crippen LogP contribution is -2.27. The molecule has 3 rings (SSSR count). The topological polar surface area (TPSA) is 68.0 Å². The molecule has 0 spiro atoms. The summed E-state index contributed by atoms with van der Waals surface area (Å²) >= 11 is 1.46. The zero-order chi connectivity index (χ0) is 17.6. The fourth-order valence-electron chi connectivity index (χ4n) is 3.45. The summed E-state index contributed by atoms with van der Waals surface area (Å²) in [6.45, 7) is 2.56. The minimum Gasteiger partial charge on any atom is -0.461 e. The maximum absolute atomic E-state index is 12.6. The van der Waals surface area contributed by atoms with Gasteiger partial charge >= 0.3 is 0 Å². The number of aryl methyl sites for hydroxylation is 1. The number of rotatable bonds is 7. The predicted molar refractivity (Wildman–Crippen MR) is 99.8 cm³/mol. The van der Waals surface area contributed by atoms with E-state index < -0.39 is 0 Å². The Hall–Kier alpha value is -1.82. The van der Waals surface area contributed by atoms with Gasteiger partial charge in [0, 0.05) is 6.54 Å². The SMILES string of the molecule is CSc1nc(-c2ccco2)nc(C)c1C(=O)NCCCC1CCCC1. The number of aromatic nitrogens is 2. The highest BCUT2D eigenvalue weighted by Gasteiger charge is 2.20. The van der Waals surface area contributed by atoms with E-state index in [9.17, 15) is 4.79 Å². The first-order valence-electron chi connectivity index (χ1n) is 8.93. The van der Waals surface area contributed by atoms with E-state index in [1.54, 1.807) is 12.3 Å². The van der Waals surface area contributed by atoms with Crippen molar-refractivity contribution in [2.75, 3.05) is 12.8 Å². The van der Waals surface area contributed by atoms with Crippen LogP contribution in [0.3, 0.4) is 0 Å². The molecule has 25 heavy (non-hydrogen) atoms. The molecule has 2 aromatic rings. The van der Waals surface area contributed by atoms with Crippen molar-refractivity contribution in [3.05, 3.63) is 29.7 Å². The standard InChI is InChI=1S/C19H25N3O2S/c1-13-16(18(23)20-11-5-9-14-7-3-4-8-14)19(25-2)22-17(21-13)15-10-6-12-24-15/h6,10,12,14H,3-5,7-9,11H2,1-2H3,(H,20,23). The van der Waals surface area contributed by atoms with Crippen molar-refractivity contribution >= 4 is 17.7 Å². The van der Waals surface area contributed by atoms with Gasteiger partial charge in [-0.25, -0.2) is 9.97 Å². The molecule has 1 aliphatic carbocycles. The fourth-order valence-corrected chi connectivity index (χ4v) is 4.07. The minimum absolute atomic E-state index is 0.0840. The molecule has 2 aromatic heterocycles. The van der Waals surface area contributed by atoms with Gasteiger partial charge in [-0.15, -0.1) is 11.8 Å². The van der Waals surface area contributed by atoms with Crippen LogP contribution in [0.4, 0.5) is 0 Å². The molecule has 1 amide bonds. The van der Waals surface area contributed by atoms with Gasteiger partial charge in [-0.2, -0.15) is 0 Å². The van der Waals surface area contributed by atoms with Crippen LogP contribution in [0.1, 0.15) is 54.6 Å². The van der Waals surface area contributed by atoms with E-state index in [2.05, 4.69) is 15.3 Å². The second kappa shape index (κ2) is 8.52. The number of carbonyl (C=O) groups excluding carboxylic acids is 1. The third kappa shape index (κ3) is 4.42. The van der Waals surface area contributed by atoms with Crippen molar-refractivity contribution in [3.8, 4) is 11.6 Å². The molecule has 1 N–H and O–H groups in total. The molecule has 0 radical (unpaired) electrons. The Bertz CT molecular complexity index is 710. The summed E-state index contributed by atoms with van der Waals surface area (Å²) in [7, 11) is 0. The zero-order valence-corrected chi connectivity index (χ0v) is 15.7. The molecule has 0 unspecified atom stereocenters. The molecule has 0 aromatic carbocycles. The third-order valence-corrected chi connectivity index (χ3v) is 5.45. The number of thioether (sulfide) groups is 1. The second-order valence-corrected chi connectivity index (χ2v) is 7.34. The van der Waals surface area contributed by atoms with Crippen molar-refractivity contribution < 1.29 is 9.21 Å². The van der Waals surface area contributed by atoms with Crippen molar-refractivity contribution in [1.82, 2.24) is 15.3 Å². The second-order valence-electron chi connectivity index (χ2n) is 6.54. The number of amides is 1. The van der Waals surface area contributed by atoms with Crippen LogP contribution in [-0.2, 0) is 0 Å². The Morgan fingerprint density at radius 3 is 2.84 bits per heavy atom. The van der Waals surface area contributed by atoms with E-state index in [-0.39, 0.29) is 5.91 Å². The summed E-state index contributed by atoms with van der Waals surface area (Å²) in [5.41, 5.74) is 1.25. The van der Waals surface area contributed by atoms with Gasteiger partial charge in [-0.1, -0.05) is 25.7 Å². The lowest BCUT2D eigenvalue weighted by molar-refractivity contribution is 0.0947. The first kappa shape index (κ1) is 18.0. The van der Waals surface area contributed by atoms with E-state index >= 15 is 0 Å². The van der Waals surface area contributed by atoms with Gasteiger partial charge in [0.1, 0.15) is 5.03 Å². The number of nitrogens with one attached hydrogen (secondary N) is 1. The molecule has 5 nitrogen and oxygen atoms in total. The number of nitrogens with zero attached hydrogens (tertiary/aromatic N) is 2. The molecule has 1 fully saturated rings. The van der Waals surface area contributed by atoms with Gasteiger partial charge < -0.3 is 9.73 Å². The Morgan fingerprint density at radius 1 is 1.36 bits per heavy atom. The quantitative estimate of drug-likeness (QED) is 0.449. The van der Waals surface area contributed by atoms with E-state index in [1.165, 1.54) is 43.9 Å². The van der Waals surface area contributed by atoms with E-state index in [4.69, 9.17) is 4.42 Å². The van der Waals surface area contributed by atoms with Crippen LogP contribution < -0.4 is 5.32 Å². The van der Waals surface area contributed by atoms with Crippen molar-refractivity contribution in [3.63, 3.8) is 0 Å². The Morgan fingerprint density at radius 2 is 2.16 bits per heavy atom. The van der Waals surface area contributed by atoms with Gasteiger partial charge in [0.25, 0.3) is 5.91 Å². The molecular formula is C19H25N3O2S. The molecule has 1 saturated carbocycles. The summed E-state index contributed by atoms with van der Waals surface area (Å²) in [6, 6.07) is 3.62. The summed E-state index contributed by atoms with van der Waals surface area (Å²) in [6.07, 6.45) is 11.2. The van der Waals surface area contributed by atoms with Gasteiger partial charge in [0.15, 0.2) is 11.6 Å². The van der Waals surface area contributed by atoms with Gasteiger partial charge in [0.2, 0.25) is 0 Å². The van der Waals surface area contributed by atoms with Crippen molar-refractivity contribution in [1.29, 1.82) is 0 Å². The number of hydrogen-bond donors (Lipinski definition) is 1. The lowest BCUT2D eigenvalue weighted by atomic mass is 10.0. The first-order chi connectivity index (χ1) is 12.2. The molecule has 0 atom stereocenters. The van der Waals surface area contributed by atoms with Gasteiger partial charge in [-0.3, -0.25) is 4.79 Å². The van der Waals surface area contributed by atoms with Crippen LogP contribution in [0.15, 0.2) is 27.8 Å². The Balaban J connectivity index is 1.64.